The van der Waals surface area contributed by atoms with Crippen LogP contribution in [0.25, 0.3) is 0 Å². The number of Topliss-reactive ketones (excluding diaryl/α,β-unsaturated/α-hetero) is 1. The molecule has 0 aromatic heterocycles. The standard InChI is InChI=1S/C13H23NO/c1-10-3-6-13(15)12(7-10)9-14(2)8-11-4-5-11/h10-12H,3-9H2,1-2H3. The number of carbonyl (C=O) groups excluding carboxylic acids is 1. The van der Waals surface area contributed by atoms with Crippen LogP contribution in [0.5, 0.6) is 0 Å². The van der Waals surface area contributed by atoms with Gasteiger partial charge >= 0.3 is 0 Å². The third-order valence-electron chi connectivity index (χ3n) is 3.82. The van der Waals surface area contributed by atoms with Crippen LogP contribution in [0, 0.1) is 17.8 Å². The van der Waals surface area contributed by atoms with Crippen LogP contribution in [-0.2, 0) is 4.79 Å². The van der Waals surface area contributed by atoms with Gasteiger partial charge in [-0.25, -0.2) is 0 Å². The second-order valence-electron chi connectivity index (χ2n) is 5.71. The summed E-state index contributed by atoms with van der Waals surface area (Å²) in [7, 11) is 2.17. The molecule has 0 aliphatic heterocycles. The number of rotatable bonds is 4. The fraction of sp³-hybridized carbons (Fsp3) is 0.923. The molecule has 86 valence electrons. The van der Waals surface area contributed by atoms with Crippen LogP contribution >= 0.6 is 0 Å². The predicted octanol–water partition coefficient (Wildman–Crippen LogP) is 2.33. The molecule has 2 aliphatic rings. The highest BCUT2D eigenvalue weighted by Gasteiger charge is 2.29. The van der Waals surface area contributed by atoms with Crippen LogP contribution in [0.3, 0.4) is 0 Å². The highest BCUT2D eigenvalue weighted by molar-refractivity contribution is 5.81. The van der Waals surface area contributed by atoms with Crippen LogP contribution in [-0.4, -0.2) is 30.8 Å². The maximum atomic E-state index is 11.8. The number of hydrogen-bond acceptors (Lipinski definition) is 2. The second-order valence-corrected chi connectivity index (χ2v) is 5.71. The third kappa shape index (κ3) is 3.30. The molecular weight excluding hydrogens is 186 g/mol. The zero-order chi connectivity index (χ0) is 10.8. The van der Waals surface area contributed by atoms with Gasteiger partial charge in [0.05, 0.1) is 0 Å². The van der Waals surface area contributed by atoms with Crippen molar-refractivity contribution in [1.29, 1.82) is 0 Å². The zero-order valence-corrected chi connectivity index (χ0v) is 10.0. The van der Waals surface area contributed by atoms with Gasteiger partial charge in [0, 0.05) is 25.4 Å². The average molecular weight is 209 g/mol. The largest absolute Gasteiger partial charge is 0.305 e. The summed E-state index contributed by atoms with van der Waals surface area (Å²) in [6.45, 7) is 4.48. The van der Waals surface area contributed by atoms with Gasteiger partial charge in [-0.15, -0.1) is 0 Å². The summed E-state index contributed by atoms with van der Waals surface area (Å²) < 4.78 is 0. The van der Waals surface area contributed by atoms with E-state index in [-0.39, 0.29) is 0 Å². The van der Waals surface area contributed by atoms with Gasteiger partial charge in [-0.05, 0) is 44.6 Å². The number of nitrogens with zero attached hydrogens (tertiary/aromatic N) is 1. The topological polar surface area (TPSA) is 20.3 Å². The molecule has 2 fully saturated rings. The van der Waals surface area contributed by atoms with Gasteiger partial charge in [0.2, 0.25) is 0 Å². The smallest absolute Gasteiger partial charge is 0.137 e. The van der Waals surface area contributed by atoms with Gasteiger partial charge in [0.25, 0.3) is 0 Å². The maximum Gasteiger partial charge on any atom is 0.137 e. The second kappa shape index (κ2) is 4.65. The Labute approximate surface area is 93.0 Å². The summed E-state index contributed by atoms with van der Waals surface area (Å²) in [6.07, 6.45) is 5.86. The van der Waals surface area contributed by atoms with Crippen molar-refractivity contribution >= 4 is 5.78 Å². The molecule has 0 bridgehead atoms. The molecule has 0 saturated heterocycles. The maximum absolute atomic E-state index is 11.8. The Balaban J connectivity index is 1.77. The lowest BCUT2D eigenvalue weighted by Gasteiger charge is -2.29. The summed E-state index contributed by atoms with van der Waals surface area (Å²) in [6, 6.07) is 0. The minimum Gasteiger partial charge on any atom is -0.305 e. The molecule has 2 unspecified atom stereocenters. The van der Waals surface area contributed by atoms with E-state index in [0.717, 1.165) is 37.6 Å². The fourth-order valence-electron chi connectivity index (χ4n) is 2.70. The summed E-state index contributed by atoms with van der Waals surface area (Å²) in [5.41, 5.74) is 0. The minimum atomic E-state index is 0.331. The van der Waals surface area contributed by atoms with Crippen molar-refractivity contribution in [2.75, 3.05) is 20.1 Å². The molecule has 0 aromatic rings. The first-order valence-electron chi connectivity index (χ1n) is 6.36. The molecule has 2 atom stereocenters. The first-order chi connectivity index (χ1) is 7.15. The number of carbonyl (C=O) groups is 1. The lowest BCUT2D eigenvalue weighted by atomic mass is 9.81. The predicted molar refractivity (Wildman–Crippen MR) is 61.7 cm³/mol. The molecule has 2 rings (SSSR count). The lowest BCUT2D eigenvalue weighted by Crippen LogP contribution is -2.35. The summed E-state index contributed by atoms with van der Waals surface area (Å²) in [4.78, 5) is 14.1. The van der Waals surface area contributed by atoms with E-state index in [9.17, 15) is 4.79 Å². The van der Waals surface area contributed by atoms with Crippen molar-refractivity contribution in [3.63, 3.8) is 0 Å². The number of ketones is 1. The highest BCUT2D eigenvalue weighted by Crippen LogP contribution is 2.31. The fourth-order valence-corrected chi connectivity index (χ4v) is 2.70. The van der Waals surface area contributed by atoms with E-state index in [1.807, 2.05) is 0 Å². The molecule has 0 amide bonds. The summed E-state index contributed by atoms with van der Waals surface area (Å²) in [5, 5.41) is 0. The number of hydrogen-bond donors (Lipinski definition) is 0. The van der Waals surface area contributed by atoms with E-state index in [1.165, 1.54) is 19.4 Å². The van der Waals surface area contributed by atoms with Crippen molar-refractivity contribution in [1.82, 2.24) is 4.90 Å². The molecule has 0 spiro atoms. The minimum absolute atomic E-state index is 0.331. The van der Waals surface area contributed by atoms with E-state index in [2.05, 4.69) is 18.9 Å². The van der Waals surface area contributed by atoms with E-state index in [0.29, 0.717) is 11.7 Å². The van der Waals surface area contributed by atoms with E-state index in [1.54, 1.807) is 0 Å². The molecular formula is C13H23NO. The van der Waals surface area contributed by atoms with Crippen LogP contribution in [0.2, 0.25) is 0 Å². The summed E-state index contributed by atoms with van der Waals surface area (Å²) in [5.74, 6) is 2.53. The lowest BCUT2D eigenvalue weighted by molar-refractivity contribution is -0.126. The zero-order valence-electron chi connectivity index (χ0n) is 10.0. The van der Waals surface area contributed by atoms with Gasteiger partial charge in [0.1, 0.15) is 5.78 Å². The van der Waals surface area contributed by atoms with Crippen LogP contribution in [0.1, 0.15) is 39.0 Å². The molecule has 15 heavy (non-hydrogen) atoms. The Morgan fingerprint density at radius 3 is 2.67 bits per heavy atom. The normalized spacial score (nSPS) is 32.3. The molecule has 0 N–H and O–H groups in total. The van der Waals surface area contributed by atoms with E-state index >= 15 is 0 Å². The van der Waals surface area contributed by atoms with E-state index in [4.69, 9.17) is 0 Å². The molecule has 2 saturated carbocycles. The van der Waals surface area contributed by atoms with Gasteiger partial charge in [-0.3, -0.25) is 4.79 Å². The SMILES string of the molecule is CC1CCC(=O)C(CN(C)CC2CC2)C1. The molecule has 2 nitrogen and oxygen atoms in total. The highest BCUT2D eigenvalue weighted by atomic mass is 16.1. The molecule has 0 radical (unpaired) electrons. The Morgan fingerprint density at radius 2 is 2.00 bits per heavy atom. The molecule has 0 aromatic carbocycles. The van der Waals surface area contributed by atoms with Crippen LogP contribution in [0.4, 0.5) is 0 Å². The molecule has 2 aliphatic carbocycles. The van der Waals surface area contributed by atoms with Gasteiger partial charge in [0.15, 0.2) is 0 Å². The van der Waals surface area contributed by atoms with Crippen LogP contribution < -0.4 is 0 Å². The average Bonchev–Trinajstić information content (AvgIpc) is 2.95. The van der Waals surface area contributed by atoms with Crippen molar-refractivity contribution in [3.8, 4) is 0 Å². The van der Waals surface area contributed by atoms with Crippen molar-refractivity contribution < 1.29 is 4.79 Å². The van der Waals surface area contributed by atoms with Crippen molar-refractivity contribution in [2.45, 2.75) is 39.0 Å². The molecule has 0 heterocycles. The first-order valence-corrected chi connectivity index (χ1v) is 6.36. The van der Waals surface area contributed by atoms with E-state index < -0.39 is 0 Å². The quantitative estimate of drug-likeness (QED) is 0.708. The van der Waals surface area contributed by atoms with Gasteiger partial charge in [-0.1, -0.05) is 6.92 Å². The van der Waals surface area contributed by atoms with Crippen molar-refractivity contribution in [2.24, 2.45) is 17.8 Å². The van der Waals surface area contributed by atoms with Crippen molar-refractivity contribution in [3.05, 3.63) is 0 Å². The Hall–Kier alpha value is -0.370. The summed E-state index contributed by atoms with van der Waals surface area (Å²) >= 11 is 0. The van der Waals surface area contributed by atoms with Gasteiger partial charge in [-0.2, -0.15) is 0 Å². The first kappa shape index (κ1) is 11.1. The third-order valence-corrected chi connectivity index (χ3v) is 3.82. The Kier molecular flexibility index (Phi) is 3.45. The molecule has 2 heteroatoms. The Morgan fingerprint density at radius 1 is 1.27 bits per heavy atom. The monoisotopic (exact) mass is 209 g/mol. The van der Waals surface area contributed by atoms with Gasteiger partial charge < -0.3 is 4.90 Å². The Bertz CT molecular complexity index is 235. The van der Waals surface area contributed by atoms with Crippen LogP contribution in [0.15, 0.2) is 0 Å².